The first-order valence-electron chi connectivity index (χ1n) is 9.62. The number of nitrogens with zero attached hydrogens (tertiary/aromatic N) is 3. The molecule has 1 aromatic rings. The van der Waals surface area contributed by atoms with Gasteiger partial charge in [0.1, 0.15) is 12.4 Å². The molecule has 2 rings (SSSR count). The molecular weight excluding hydrogens is 455 g/mol. The maximum atomic E-state index is 5.79. The third-order valence-electron chi connectivity index (χ3n) is 4.63. The molecule has 1 saturated heterocycles. The van der Waals surface area contributed by atoms with Crippen LogP contribution >= 0.6 is 24.0 Å². The van der Waals surface area contributed by atoms with Crippen LogP contribution in [0.3, 0.4) is 0 Å². The van der Waals surface area contributed by atoms with Crippen LogP contribution in [0.1, 0.15) is 20.8 Å². The molecule has 0 bridgehead atoms. The maximum Gasteiger partial charge on any atom is 0.193 e. The first-order valence-corrected chi connectivity index (χ1v) is 9.62. The Morgan fingerprint density at radius 2 is 2.15 bits per heavy atom. The number of likely N-dealkylation sites (N-methyl/N-ethyl adjacent to an activating group) is 1. The SMILES string of the molecule is CCNC(=NCC(C)N1CCOCC1C)N(C)CCOc1ccccc1.I. The standard InChI is InChI=1S/C20H34N4O2.HI/c1-5-21-20(22-15-17(2)24-12-13-25-16-18(24)3)23(4)11-14-26-19-9-7-6-8-10-19;/h6-10,17-18H,5,11-16H2,1-4H3,(H,21,22);1H. The number of para-hydroxylation sites is 1. The Balaban J connectivity index is 0.00000364. The van der Waals surface area contributed by atoms with E-state index in [9.17, 15) is 0 Å². The fourth-order valence-electron chi connectivity index (χ4n) is 3.11. The quantitative estimate of drug-likeness (QED) is 0.345. The topological polar surface area (TPSA) is 49.3 Å². The van der Waals surface area contributed by atoms with Crippen LogP contribution in [0.5, 0.6) is 5.75 Å². The van der Waals surface area contributed by atoms with Crippen molar-refractivity contribution in [3.63, 3.8) is 0 Å². The van der Waals surface area contributed by atoms with Crippen molar-refractivity contribution in [2.24, 2.45) is 4.99 Å². The second kappa shape index (κ2) is 13.2. The van der Waals surface area contributed by atoms with Gasteiger partial charge in [-0.25, -0.2) is 0 Å². The molecule has 1 fully saturated rings. The Labute approximate surface area is 181 Å². The van der Waals surface area contributed by atoms with Crippen LogP contribution in [0.4, 0.5) is 0 Å². The summed E-state index contributed by atoms with van der Waals surface area (Å²) >= 11 is 0. The van der Waals surface area contributed by atoms with Gasteiger partial charge in [-0.05, 0) is 32.9 Å². The van der Waals surface area contributed by atoms with E-state index in [4.69, 9.17) is 14.5 Å². The predicted molar refractivity (Wildman–Crippen MR) is 122 cm³/mol. The molecule has 1 N–H and O–H groups in total. The van der Waals surface area contributed by atoms with Crippen LogP contribution in [-0.2, 0) is 4.74 Å². The molecular formula is C20H35IN4O2. The molecule has 0 radical (unpaired) electrons. The smallest absolute Gasteiger partial charge is 0.193 e. The number of aliphatic imine (C=N–C) groups is 1. The van der Waals surface area contributed by atoms with Gasteiger partial charge in [-0.15, -0.1) is 24.0 Å². The Bertz CT molecular complexity index is 544. The Morgan fingerprint density at radius 1 is 1.41 bits per heavy atom. The highest BCUT2D eigenvalue weighted by molar-refractivity contribution is 14.0. The summed E-state index contributed by atoms with van der Waals surface area (Å²) in [6.07, 6.45) is 0. The number of ether oxygens (including phenoxy) is 2. The molecule has 6 nitrogen and oxygen atoms in total. The number of morpholine rings is 1. The van der Waals surface area contributed by atoms with E-state index >= 15 is 0 Å². The van der Waals surface area contributed by atoms with E-state index < -0.39 is 0 Å². The van der Waals surface area contributed by atoms with Crippen molar-refractivity contribution >= 4 is 29.9 Å². The van der Waals surface area contributed by atoms with Crippen LogP contribution < -0.4 is 10.1 Å². The van der Waals surface area contributed by atoms with Crippen LogP contribution in [0.2, 0.25) is 0 Å². The normalized spacial score (nSPS) is 19.1. The van der Waals surface area contributed by atoms with E-state index in [-0.39, 0.29) is 24.0 Å². The first-order chi connectivity index (χ1) is 12.6. The summed E-state index contributed by atoms with van der Waals surface area (Å²) < 4.78 is 11.3. The van der Waals surface area contributed by atoms with Gasteiger partial charge in [0.2, 0.25) is 0 Å². The van der Waals surface area contributed by atoms with Gasteiger partial charge in [-0.1, -0.05) is 18.2 Å². The fraction of sp³-hybridized carbons (Fsp3) is 0.650. The Kier molecular flexibility index (Phi) is 11.7. The number of hydrogen-bond acceptors (Lipinski definition) is 4. The number of hydrogen-bond donors (Lipinski definition) is 1. The second-order valence-corrected chi connectivity index (χ2v) is 6.79. The van der Waals surface area contributed by atoms with E-state index in [0.29, 0.717) is 18.7 Å². The summed E-state index contributed by atoms with van der Waals surface area (Å²) in [5, 5.41) is 3.38. The summed E-state index contributed by atoms with van der Waals surface area (Å²) in [5.41, 5.74) is 0. The van der Waals surface area contributed by atoms with Crippen molar-refractivity contribution in [3.05, 3.63) is 30.3 Å². The Morgan fingerprint density at radius 3 is 2.81 bits per heavy atom. The molecule has 154 valence electrons. The molecule has 1 heterocycles. The second-order valence-electron chi connectivity index (χ2n) is 6.79. The van der Waals surface area contributed by atoms with Gasteiger partial charge in [0, 0.05) is 32.2 Å². The van der Waals surface area contributed by atoms with Crippen LogP contribution in [-0.4, -0.2) is 80.9 Å². The molecule has 0 spiro atoms. The van der Waals surface area contributed by atoms with Gasteiger partial charge in [-0.3, -0.25) is 9.89 Å². The molecule has 7 heteroatoms. The van der Waals surface area contributed by atoms with Crippen LogP contribution in [0, 0.1) is 0 Å². The van der Waals surface area contributed by atoms with Crippen LogP contribution in [0.15, 0.2) is 35.3 Å². The molecule has 2 atom stereocenters. The molecule has 0 aliphatic carbocycles. The molecule has 1 aromatic carbocycles. The number of nitrogens with one attached hydrogen (secondary N) is 1. The summed E-state index contributed by atoms with van der Waals surface area (Å²) in [6, 6.07) is 10.8. The number of benzene rings is 1. The molecule has 27 heavy (non-hydrogen) atoms. The average molecular weight is 490 g/mol. The van der Waals surface area contributed by atoms with E-state index in [0.717, 1.165) is 51.1 Å². The summed E-state index contributed by atoms with van der Waals surface area (Å²) in [5.74, 6) is 1.83. The highest BCUT2D eigenvalue weighted by atomic mass is 127. The molecule has 0 saturated carbocycles. The van der Waals surface area contributed by atoms with Crippen LogP contribution in [0.25, 0.3) is 0 Å². The summed E-state index contributed by atoms with van der Waals surface area (Å²) in [6.45, 7) is 12.2. The highest BCUT2D eigenvalue weighted by Crippen LogP contribution is 2.11. The van der Waals surface area contributed by atoms with Gasteiger partial charge in [-0.2, -0.15) is 0 Å². The molecule has 0 aromatic heterocycles. The highest BCUT2D eigenvalue weighted by Gasteiger charge is 2.23. The molecule has 1 aliphatic heterocycles. The number of halogens is 1. The monoisotopic (exact) mass is 490 g/mol. The van der Waals surface area contributed by atoms with Gasteiger partial charge in [0.25, 0.3) is 0 Å². The van der Waals surface area contributed by atoms with Crippen molar-refractivity contribution in [2.45, 2.75) is 32.9 Å². The predicted octanol–water partition coefficient (Wildman–Crippen LogP) is 2.69. The van der Waals surface area contributed by atoms with Crippen molar-refractivity contribution in [2.75, 3.05) is 53.0 Å². The zero-order valence-electron chi connectivity index (χ0n) is 17.1. The minimum absolute atomic E-state index is 0. The zero-order chi connectivity index (χ0) is 18.8. The van der Waals surface area contributed by atoms with Crippen molar-refractivity contribution in [1.82, 2.24) is 15.1 Å². The minimum atomic E-state index is 0. The fourth-order valence-corrected chi connectivity index (χ4v) is 3.11. The lowest BCUT2D eigenvalue weighted by molar-refractivity contribution is -0.0166. The zero-order valence-corrected chi connectivity index (χ0v) is 19.4. The maximum absolute atomic E-state index is 5.79. The summed E-state index contributed by atoms with van der Waals surface area (Å²) in [7, 11) is 2.05. The van der Waals surface area contributed by atoms with Gasteiger partial charge in [0.15, 0.2) is 5.96 Å². The lowest BCUT2D eigenvalue weighted by Gasteiger charge is -2.37. The number of rotatable bonds is 8. The third-order valence-corrected chi connectivity index (χ3v) is 4.63. The van der Waals surface area contributed by atoms with E-state index in [2.05, 4.69) is 42.9 Å². The average Bonchev–Trinajstić information content (AvgIpc) is 2.66. The third kappa shape index (κ3) is 8.23. The van der Waals surface area contributed by atoms with Crippen molar-refractivity contribution in [3.8, 4) is 5.75 Å². The number of guanidine groups is 1. The van der Waals surface area contributed by atoms with Gasteiger partial charge >= 0.3 is 0 Å². The minimum Gasteiger partial charge on any atom is -0.492 e. The molecule has 0 amide bonds. The van der Waals surface area contributed by atoms with E-state index in [1.807, 2.05) is 30.3 Å². The molecule has 1 aliphatic rings. The van der Waals surface area contributed by atoms with E-state index in [1.165, 1.54) is 0 Å². The largest absolute Gasteiger partial charge is 0.492 e. The van der Waals surface area contributed by atoms with Crippen molar-refractivity contribution < 1.29 is 9.47 Å². The first kappa shape index (κ1) is 24.0. The Hall–Kier alpha value is -1.06. The van der Waals surface area contributed by atoms with Crippen molar-refractivity contribution in [1.29, 1.82) is 0 Å². The van der Waals surface area contributed by atoms with E-state index in [1.54, 1.807) is 0 Å². The summed E-state index contributed by atoms with van der Waals surface area (Å²) in [4.78, 5) is 9.45. The van der Waals surface area contributed by atoms with Gasteiger partial charge < -0.3 is 19.7 Å². The molecule has 2 unspecified atom stereocenters. The van der Waals surface area contributed by atoms with Gasteiger partial charge in [0.05, 0.1) is 26.3 Å². The lowest BCUT2D eigenvalue weighted by Crippen LogP contribution is -2.49. The lowest BCUT2D eigenvalue weighted by atomic mass is 10.2.